The highest BCUT2D eigenvalue weighted by Crippen LogP contribution is 2.35. The molecule has 5 heterocycles. The zero-order valence-electron chi connectivity index (χ0n) is 23.9. The van der Waals surface area contributed by atoms with Crippen molar-refractivity contribution < 1.29 is 19.1 Å². The second kappa shape index (κ2) is 13.1. The largest absolute Gasteiger partial charge is 0.462 e. The highest BCUT2D eigenvalue weighted by Gasteiger charge is 2.34. The van der Waals surface area contributed by atoms with Crippen LogP contribution in [-0.2, 0) is 9.47 Å². The number of methoxy groups -OCH3 is 1. The summed E-state index contributed by atoms with van der Waals surface area (Å²) < 4.78 is 11.1. The van der Waals surface area contributed by atoms with E-state index in [1.165, 1.54) is 11.3 Å². The van der Waals surface area contributed by atoms with Gasteiger partial charge in [-0.3, -0.25) is 4.79 Å². The molecule has 2 saturated heterocycles. The quantitative estimate of drug-likeness (QED) is 0.354. The molecule has 3 aromatic rings. The summed E-state index contributed by atoms with van der Waals surface area (Å²) in [5.74, 6) is -0.0104. The van der Waals surface area contributed by atoms with Gasteiger partial charge in [-0.2, -0.15) is 0 Å². The van der Waals surface area contributed by atoms with Crippen molar-refractivity contribution in [3.05, 3.63) is 38.7 Å². The average Bonchev–Trinajstić information content (AvgIpc) is 3.55. The van der Waals surface area contributed by atoms with Crippen molar-refractivity contribution in [1.29, 1.82) is 0 Å². The van der Waals surface area contributed by atoms with E-state index in [9.17, 15) is 9.59 Å². The molecule has 2 N–H and O–H groups in total. The van der Waals surface area contributed by atoms with Crippen LogP contribution in [0, 0.1) is 6.92 Å². The fourth-order valence-corrected chi connectivity index (χ4v) is 6.48. The van der Waals surface area contributed by atoms with E-state index in [0.717, 1.165) is 32.0 Å². The Kier molecular flexibility index (Phi) is 9.53. The maximum atomic E-state index is 13.0. The van der Waals surface area contributed by atoms with Gasteiger partial charge >= 0.3 is 5.97 Å². The standard InChI is InChI=1S/C27H34Cl2N8O4S/c1-5-41-26(39)24-22(17-12-31-19(13-30-17)36-10-8-35(3)9-11-36)34-27(42-24)37-7-6-16(18(14-37)40-4)33-25(38)23-21(29)20(28)15(2)32-23/h12-13,16,18,32H,5-11,14H2,1-4H3,(H,33,38)/t16-,18+/m0/s1. The molecule has 42 heavy (non-hydrogen) atoms. The van der Waals surface area contributed by atoms with Crippen molar-refractivity contribution >= 4 is 57.4 Å². The summed E-state index contributed by atoms with van der Waals surface area (Å²) in [5.41, 5.74) is 1.78. The molecule has 2 atom stereocenters. The first-order valence-corrected chi connectivity index (χ1v) is 15.3. The number of piperazine rings is 1. The lowest BCUT2D eigenvalue weighted by molar-refractivity contribution is 0.0531. The van der Waals surface area contributed by atoms with Gasteiger partial charge in [-0.25, -0.2) is 19.7 Å². The fourth-order valence-electron chi connectivity index (χ4n) is 5.06. The smallest absolute Gasteiger partial charge is 0.350 e. The van der Waals surface area contributed by atoms with E-state index in [4.69, 9.17) is 37.7 Å². The molecule has 5 rings (SSSR count). The highest BCUT2D eigenvalue weighted by molar-refractivity contribution is 7.17. The molecular weight excluding hydrogens is 603 g/mol. The fraction of sp³-hybridized carbons (Fsp3) is 0.519. The minimum absolute atomic E-state index is 0.194. The molecule has 0 spiro atoms. The van der Waals surface area contributed by atoms with Crippen molar-refractivity contribution in [3.63, 3.8) is 0 Å². The summed E-state index contributed by atoms with van der Waals surface area (Å²) in [5, 5.41) is 4.18. The van der Waals surface area contributed by atoms with Gasteiger partial charge < -0.3 is 34.5 Å². The van der Waals surface area contributed by atoms with E-state index in [1.807, 2.05) is 4.90 Å². The molecule has 12 nitrogen and oxygen atoms in total. The lowest BCUT2D eigenvalue weighted by Gasteiger charge is -2.37. The number of thiazole rings is 1. The number of piperidine rings is 1. The second-order valence-corrected chi connectivity index (χ2v) is 12.0. The molecule has 2 aliphatic rings. The third-order valence-corrected chi connectivity index (χ3v) is 9.56. The number of hydrogen-bond acceptors (Lipinski definition) is 11. The van der Waals surface area contributed by atoms with Crippen LogP contribution in [0.3, 0.4) is 0 Å². The number of amides is 1. The van der Waals surface area contributed by atoms with E-state index in [0.29, 0.717) is 51.6 Å². The zero-order chi connectivity index (χ0) is 30.0. The Bertz CT molecular complexity index is 1420. The predicted molar refractivity (Wildman–Crippen MR) is 163 cm³/mol. The summed E-state index contributed by atoms with van der Waals surface area (Å²) in [6, 6.07) is -0.269. The molecule has 0 aliphatic carbocycles. The van der Waals surface area contributed by atoms with Gasteiger partial charge in [-0.15, -0.1) is 0 Å². The number of carbonyl (C=O) groups excluding carboxylic acids is 2. The number of nitrogens with one attached hydrogen (secondary N) is 2. The number of ether oxygens (including phenoxy) is 2. The van der Waals surface area contributed by atoms with Crippen LogP contribution in [0.1, 0.15) is 39.2 Å². The van der Waals surface area contributed by atoms with E-state index in [2.05, 4.69) is 37.1 Å². The highest BCUT2D eigenvalue weighted by atomic mass is 35.5. The molecule has 0 bridgehead atoms. The third kappa shape index (κ3) is 6.35. The molecule has 15 heteroatoms. The van der Waals surface area contributed by atoms with Gasteiger partial charge in [0.05, 0.1) is 41.2 Å². The molecule has 0 unspecified atom stereocenters. The minimum Gasteiger partial charge on any atom is -0.462 e. The van der Waals surface area contributed by atoms with Gasteiger partial charge in [0.15, 0.2) is 5.13 Å². The predicted octanol–water partition coefficient (Wildman–Crippen LogP) is 3.50. The molecular formula is C27H34Cl2N8O4S. The van der Waals surface area contributed by atoms with Crippen LogP contribution >= 0.6 is 34.5 Å². The maximum Gasteiger partial charge on any atom is 0.350 e. The van der Waals surface area contributed by atoms with Crippen molar-refractivity contribution in [1.82, 2.24) is 30.2 Å². The van der Waals surface area contributed by atoms with Gasteiger partial charge in [0.2, 0.25) is 0 Å². The second-order valence-electron chi connectivity index (χ2n) is 10.3. The topological polar surface area (TPSA) is 129 Å². The zero-order valence-corrected chi connectivity index (χ0v) is 26.3. The molecule has 0 aromatic carbocycles. The third-order valence-electron chi connectivity index (χ3n) is 7.51. The first-order chi connectivity index (χ1) is 20.2. The lowest BCUT2D eigenvalue weighted by Crippen LogP contribution is -2.55. The summed E-state index contributed by atoms with van der Waals surface area (Å²) >= 11 is 13.6. The van der Waals surface area contributed by atoms with Gasteiger partial charge in [0, 0.05) is 52.1 Å². The van der Waals surface area contributed by atoms with E-state index >= 15 is 0 Å². The normalized spacial score (nSPS) is 19.7. The Labute approximate surface area is 258 Å². The number of aromatic nitrogens is 4. The van der Waals surface area contributed by atoms with E-state index in [-0.39, 0.29) is 35.4 Å². The lowest BCUT2D eigenvalue weighted by atomic mass is 10.0. The van der Waals surface area contributed by atoms with Gasteiger partial charge in [0.25, 0.3) is 5.91 Å². The first-order valence-electron chi connectivity index (χ1n) is 13.8. The van der Waals surface area contributed by atoms with Crippen molar-refractivity contribution in [2.24, 2.45) is 0 Å². The van der Waals surface area contributed by atoms with Gasteiger partial charge in [-0.1, -0.05) is 34.5 Å². The number of anilines is 2. The Morgan fingerprint density at radius 3 is 2.50 bits per heavy atom. The number of rotatable bonds is 8. The number of halogens is 2. The Morgan fingerprint density at radius 2 is 1.88 bits per heavy atom. The number of likely N-dealkylation sites (N-methyl/N-ethyl adjacent to an activating group) is 1. The van der Waals surface area contributed by atoms with Crippen LogP contribution in [0.25, 0.3) is 11.4 Å². The van der Waals surface area contributed by atoms with E-state index < -0.39 is 5.97 Å². The number of aryl methyl sites for hydroxylation is 1. The van der Waals surface area contributed by atoms with Crippen LogP contribution in [0.5, 0.6) is 0 Å². The van der Waals surface area contributed by atoms with Crippen LogP contribution in [0.2, 0.25) is 10.0 Å². The van der Waals surface area contributed by atoms with Crippen molar-refractivity contribution in [3.8, 4) is 11.4 Å². The molecule has 2 fully saturated rings. The summed E-state index contributed by atoms with van der Waals surface area (Å²) in [7, 11) is 3.71. The number of H-pyrrole nitrogens is 1. The SMILES string of the molecule is CCOC(=O)c1sc(N2CC[C@H](NC(=O)c3[nH]c(C)c(Cl)c3Cl)[C@H](OC)C2)nc1-c1cnc(N2CCN(C)CC2)cn1. The number of hydrogen-bond donors (Lipinski definition) is 2. The average molecular weight is 638 g/mol. The van der Waals surface area contributed by atoms with Gasteiger partial charge in [-0.05, 0) is 27.3 Å². The van der Waals surface area contributed by atoms with Gasteiger partial charge in [0.1, 0.15) is 27.8 Å². The van der Waals surface area contributed by atoms with E-state index in [1.54, 1.807) is 33.4 Å². The first kappa shape index (κ1) is 30.5. The van der Waals surface area contributed by atoms with Crippen molar-refractivity contribution in [2.75, 3.05) is 69.8 Å². The summed E-state index contributed by atoms with van der Waals surface area (Å²) in [4.78, 5) is 49.8. The van der Waals surface area contributed by atoms with Crippen LogP contribution in [-0.4, -0.2) is 109 Å². The van der Waals surface area contributed by atoms with Crippen LogP contribution in [0.4, 0.5) is 10.9 Å². The molecule has 0 radical (unpaired) electrons. The molecule has 0 saturated carbocycles. The summed E-state index contributed by atoms with van der Waals surface area (Å²) in [6.07, 6.45) is 3.64. The number of esters is 1. The molecule has 3 aromatic heterocycles. The Hall–Kier alpha value is -2.97. The number of aromatic amines is 1. The van der Waals surface area contributed by atoms with Crippen LogP contribution < -0.4 is 15.1 Å². The Morgan fingerprint density at radius 1 is 1.12 bits per heavy atom. The number of carbonyl (C=O) groups is 2. The van der Waals surface area contributed by atoms with Crippen LogP contribution in [0.15, 0.2) is 12.4 Å². The monoisotopic (exact) mass is 636 g/mol. The Balaban J connectivity index is 1.33. The summed E-state index contributed by atoms with van der Waals surface area (Å²) in [6.45, 7) is 8.46. The minimum atomic E-state index is -0.455. The maximum absolute atomic E-state index is 13.0. The molecule has 2 aliphatic heterocycles. The molecule has 226 valence electrons. The molecule has 1 amide bonds. The number of nitrogens with zero attached hydrogens (tertiary/aromatic N) is 6. The van der Waals surface area contributed by atoms with Crippen molar-refractivity contribution in [2.45, 2.75) is 32.4 Å².